The van der Waals surface area contributed by atoms with E-state index in [1.54, 1.807) is 31.0 Å². The highest BCUT2D eigenvalue weighted by Crippen LogP contribution is 2.22. The molecule has 2 heterocycles. The van der Waals surface area contributed by atoms with Crippen LogP contribution in [0.5, 0.6) is 0 Å². The Morgan fingerprint density at radius 3 is 2.85 bits per heavy atom. The quantitative estimate of drug-likeness (QED) is 0.639. The molecule has 2 atom stereocenters. The molecule has 0 bridgehead atoms. The van der Waals surface area contributed by atoms with Gasteiger partial charge in [0.15, 0.2) is 5.96 Å². The number of halogens is 1. The van der Waals surface area contributed by atoms with E-state index >= 15 is 0 Å². The second-order valence-corrected chi connectivity index (χ2v) is 6.46. The van der Waals surface area contributed by atoms with E-state index in [2.05, 4.69) is 20.3 Å². The second kappa shape index (κ2) is 8.96. The van der Waals surface area contributed by atoms with Crippen molar-refractivity contribution in [1.82, 2.24) is 20.0 Å². The molecule has 1 fully saturated rings. The Bertz CT molecular complexity index is 762. The minimum atomic E-state index is -0.257. The largest absolute Gasteiger partial charge is 0.375 e. The third-order valence-corrected chi connectivity index (χ3v) is 4.65. The normalized spacial score (nSPS) is 19.2. The molecular weight excluding hydrogens is 349 g/mol. The monoisotopic (exact) mass is 375 g/mol. The third kappa shape index (κ3) is 4.84. The maximum Gasteiger partial charge on any atom is 0.193 e. The molecule has 1 N–H and O–H groups in total. The first-order valence-electron chi connectivity index (χ1n) is 8.94. The Kier molecular flexibility index (Phi) is 6.41. The number of hydrogen-bond acceptors (Lipinski definition) is 4. The zero-order valence-electron chi connectivity index (χ0n) is 15.9. The van der Waals surface area contributed by atoms with Crippen LogP contribution in [0, 0.1) is 5.82 Å². The van der Waals surface area contributed by atoms with Crippen LogP contribution in [0.3, 0.4) is 0 Å². The van der Waals surface area contributed by atoms with Gasteiger partial charge >= 0.3 is 0 Å². The van der Waals surface area contributed by atoms with Gasteiger partial charge < -0.3 is 19.7 Å². The predicted octanol–water partition coefficient (Wildman–Crippen LogP) is 1.90. The first-order chi connectivity index (χ1) is 13.1. The highest BCUT2D eigenvalue weighted by atomic mass is 19.1. The lowest BCUT2D eigenvalue weighted by Gasteiger charge is -2.35. The van der Waals surface area contributed by atoms with E-state index in [1.807, 2.05) is 19.4 Å². The number of aryl methyl sites for hydroxylation is 1. The van der Waals surface area contributed by atoms with Gasteiger partial charge in [0.25, 0.3) is 0 Å². The average Bonchev–Trinajstić information content (AvgIpc) is 3.13. The summed E-state index contributed by atoms with van der Waals surface area (Å²) in [6, 6.07) is 6.36. The number of hydrogen-bond donors (Lipinski definition) is 1. The van der Waals surface area contributed by atoms with E-state index in [0.717, 1.165) is 23.6 Å². The molecular formula is C19H26FN5O2. The van der Waals surface area contributed by atoms with Crippen molar-refractivity contribution in [3.05, 3.63) is 53.6 Å². The standard InChI is InChI=1S/C19H26FN5O2/c1-21-19(22-11-17(26-3)14-4-6-16(20)7-5-14)25-8-9-27-18(13-25)15-10-23-24(2)12-15/h4-7,10,12,17-18H,8-9,11,13H2,1-3H3,(H,21,22). The van der Waals surface area contributed by atoms with Crippen LogP contribution >= 0.6 is 0 Å². The molecule has 1 aliphatic heterocycles. The molecule has 27 heavy (non-hydrogen) atoms. The van der Waals surface area contributed by atoms with Crippen molar-refractivity contribution in [2.75, 3.05) is 40.4 Å². The highest BCUT2D eigenvalue weighted by molar-refractivity contribution is 5.80. The summed E-state index contributed by atoms with van der Waals surface area (Å²) in [5, 5.41) is 7.58. The van der Waals surface area contributed by atoms with Crippen LogP contribution in [0.1, 0.15) is 23.3 Å². The molecule has 1 aromatic carbocycles. The van der Waals surface area contributed by atoms with E-state index in [4.69, 9.17) is 9.47 Å². The van der Waals surface area contributed by atoms with Crippen LogP contribution < -0.4 is 5.32 Å². The van der Waals surface area contributed by atoms with E-state index < -0.39 is 0 Å². The fourth-order valence-corrected chi connectivity index (χ4v) is 3.18. The van der Waals surface area contributed by atoms with Crippen molar-refractivity contribution in [3.63, 3.8) is 0 Å². The highest BCUT2D eigenvalue weighted by Gasteiger charge is 2.25. The molecule has 0 spiro atoms. The van der Waals surface area contributed by atoms with Gasteiger partial charge in [-0.1, -0.05) is 12.1 Å². The van der Waals surface area contributed by atoms with Crippen molar-refractivity contribution in [2.45, 2.75) is 12.2 Å². The number of rotatable bonds is 5. The van der Waals surface area contributed by atoms with Crippen LogP contribution in [0.2, 0.25) is 0 Å². The first kappa shape index (κ1) is 19.3. The lowest BCUT2D eigenvalue weighted by molar-refractivity contribution is -0.00833. The van der Waals surface area contributed by atoms with Crippen LogP contribution in [0.25, 0.3) is 0 Å². The lowest BCUT2D eigenvalue weighted by atomic mass is 10.1. The number of benzene rings is 1. The number of morpholine rings is 1. The number of aromatic nitrogens is 2. The van der Waals surface area contributed by atoms with Gasteiger partial charge in [-0.3, -0.25) is 9.67 Å². The summed E-state index contributed by atoms with van der Waals surface area (Å²) in [5.41, 5.74) is 1.97. The molecule has 1 aliphatic rings. The topological polar surface area (TPSA) is 63.9 Å². The summed E-state index contributed by atoms with van der Waals surface area (Å²) in [5.74, 6) is 0.531. The zero-order chi connectivity index (χ0) is 19.2. The average molecular weight is 375 g/mol. The molecule has 0 radical (unpaired) electrons. The molecule has 146 valence electrons. The lowest BCUT2D eigenvalue weighted by Crippen LogP contribution is -2.49. The summed E-state index contributed by atoms with van der Waals surface area (Å²) >= 11 is 0. The fourth-order valence-electron chi connectivity index (χ4n) is 3.18. The predicted molar refractivity (Wildman–Crippen MR) is 101 cm³/mol. The minimum Gasteiger partial charge on any atom is -0.375 e. The summed E-state index contributed by atoms with van der Waals surface area (Å²) in [6.07, 6.45) is 3.57. The van der Waals surface area contributed by atoms with Gasteiger partial charge in [0.1, 0.15) is 11.9 Å². The third-order valence-electron chi connectivity index (χ3n) is 4.65. The van der Waals surface area contributed by atoms with Crippen LogP contribution in [-0.4, -0.2) is 61.0 Å². The molecule has 0 amide bonds. The van der Waals surface area contributed by atoms with E-state index in [1.165, 1.54) is 12.1 Å². The van der Waals surface area contributed by atoms with E-state index in [0.29, 0.717) is 19.7 Å². The van der Waals surface area contributed by atoms with Crippen LogP contribution in [0.4, 0.5) is 4.39 Å². The Morgan fingerprint density at radius 2 is 2.22 bits per heavy atom. The molecule has 1 saturated heterocycles. The minimum absolute atomic E-state index is 0.0404. The number of methoxy groups -OCH3 is 1. The van der Waals surface area contributed by atoms with Gasteiger partial charge in [0.05, 0.1) is 25.5 Å². The number of guanidine groups is 1. The van der Waals surface area contributed by atoms with Gasteiger partial charge in [0, 0.05) is 46.1 Å². The summed E-state index contributed by atoms with van der Waals surface area (Å²) in [7, 11) is 5.30. The maximum absolute atomic E-state index is 13.1. The number of nitrogens with one attached hydrogen (secondary N) is 1. The van der Waals surface area contributed by atoms with Crippen molar-refractivity contribution in [3.8, 4) is 0 Å². The summed E-state index contributed by atoms with van der Waals surface area (Å²) in [4.78, 5) is 6.56. The first-order valence-corrected chi connectivity index (χ1v) is 8.94. The number of aliphatic imine (C=N–C) groups is 1. The molecule has 0 aliphatic carbocycles. The van der Waals surface area contributed by atoms with E-state index in [9.17, 15) is 4.39 Å². The van der Waals surface area contributed by atoms with Crippen molar-refractivity contribution in [2.24, 2.45) is 12.0 Å². The van der Waals surface area contributed by atoms with Crippen LogP contribution in [-0.2, 0) is 16.5 Å². The molecule has 3 rings (SSSR count). The second-order valence-electron chi connectivity index (χ2n) is 6.46. The van der Waals surface area contributed by atoms with Gasteiger partial charge in [-0.25, -0.2) is 4.39 Å². The molecule has 1 aromatic heterocycles. The maximum atomic E-state index is 13.1. The Labute approximate surface area is 158 Å². The summed E-state index contributed by atoms with van der Waals surface area (Å²) in [6.45, 7) is 2.60. The van der Waals surface area contributed by atoms with Gasteiger partial charge in [-0.15, -0.1) is 0 Å². The van der Waals surface area contributed by atoms with Crippen molar-refractivity contribution < 1.29 is 13.9 Å². The Hall–Kier alpha value is -2.45. The van der Waals surface area contributed by atoms with E-state index in [-0.39, 0.29) is 18.0 Å². The van der Waals surface area contributed by atoms with Crippen molar-refractivity contribution >= 4 is 5.96 Å². The molecule has 7 nitrogen and oxygen atoms in total. The zero-order valence-corrected chi connectivity index (χ0v) is 15.9. The van der Waals surface area contributed by atoms with Gasteiger partial charge in [-0.2, -0.15) is 5.10 Å². The van der Waals surface area contributed by atoms with Gasteiger partial charge in [0.2, 0.25) is 0 Å². The molecule has 2 unspecified atom stereocenters. The SMILES string of the molecule is CN=C(NCC(OC)c1ccc(F)cc1)N1CCOC(c2cnn(C)c2)C1. The number of nitrogens with zero attached hydrogens (tertiary/aromatic N) is 4. The Morgan fingerprint density at radius 1 is 1.44 bits per heavy atom. The molecule has 2 aromatic rings. The smallest absolute Gasteiger partial charge is 0.193 e. The molecule has 0 saturated carbocycles. The molecule has 8 heteroatoms. The number of ether oxygens (including phenoxy) is 2. The van der Waals surface area contributed by atoms with Crippen molar-refractivity contribution in [1.29, 1.82) is 0 Å². The van der Waals surface area contributed by atoms with Gasteiger partial charge in [-0.05, 0) is 17.7 Å². The van der Waals surface area contributed by atoms with Crippen LogP contribution in [0.15, 0.2) is 41.7 Å². The Balaban J connectivity index is 1.61. The summed E-state index contributed by atoms with van der Waals surface area (Å²) < 4.78 is 26.4. The fraction of sp³-hybridized carbons (Fsp3) is 0.474.